The molecule has 2 N–H and O–H groups in total. The predicted octanol–water partition coefficient (Wildman–Crippen LogP) is 2.88. The largest absolute Gasteiger partial charge is 0.363 e. The molecular weight excluding hydrogens is 228 g/mol. The smallest absolute Gasteiger partial charge is 0.166 e. The van der Waals surface area contributed by atoms with Crippen LogP contribution in [0.5, 0.6) is 0 Å². The lowest BCUT2D eigenvalue weighted by Crippen LogP contribution is -2.36. The minimum atomic E-state index is 0.784. The molecule has 17 heavy (non-hydrogen) atoms. The van der Waals surface area contributed by atoms with Crippen LogP contribution in [0, 0.1) is 0 Å². The number of hydrogen-bond acceptors (Lipinski definition) is 1. The first-order valence-corrected chi connectivity index (χ1v) is 6.79. The zero-order valence-corrected chi connectivity index (χ0v) is 11.4. The van der Waals surface area contributed by atoms with Gasteiger partial charge in [0.15, 0.2) is 5.11 Å². The maximum Gasteiger partial charge on any atom is 0.166 e. The van der Waals surface area contributed by atoms with Crippen molar-refractivity contribution in [2.75, 3.05) is 13.1 Å². The summed E-state index contributed by atoms with van der Waals surface area (Å²) in [5.41, 5.74) is 1.42. The van der Waals surface area contributed by atoms with Gasteiger partial charge in [-0.05, 0) is 43.5 Å². The van der Waals surface area contributed by atoms with Crippen LogP contribution < -0.4 is 10.6 Å². The van der Waals surface area contributed by atoms with Crippen molar-refractivity contribution in [2.45, 2.75) is 32.6 Å². The van der Waals surface area contributed by atoms with Crippen LogP contribution in [0.15, 0.2) is 30.3 Å². The Morgan fingerprint density at radius 1 is 1.06 bits per heavy atom. The lowest BCUT2D eigenvalue weighted by Gasteiger charge is -2.09. The lowest BCUT2D eigenvalue weighted by molar-refractivity contribution is 0.698. The van der Waals surface area contributed by atoms with E-state index in [1.54, 1.807) is 0 Å². The standard InChI is InChI=1S/C14H22N2S/c1-2-11-15-14(17)16-12-7-6-10-13-8-4-3-5-9-13/h3-5,8-9H,2,6-7,10-12H2,1H3,(H2,15,16,17). The molecule has 0 aliphatic heterocycles. The summed E-state index contributed by atoms with van der Waals surface area (Å²) >= 11 is 5.14. The van der Waals surface area contributed by atoms with Gasteiger partial charge in [0.2, 0.25) is 0 Å². The van der Waals surface area contributed by atoms with Crippen molar-refractivity contribution < 1.29 is 0 Å². The first kappa shape index (κ1) is 14.0. The topological polar surface area (TPSA) is 24.1 Å². The number of hydrogen-bond donors (Lipinski definition) is 2. The molecule has 0 aromatic heterocycles. The van der Waals surface area contributed by atoms with Gasteiger partial charge in [0.1, 0.15) is 0 Å². The fraction of sp³-hybridized carbons (Fsp3) is 0.500. The maximum absolute atomic E-state index is 5.14. The summed E-state index contributed by atoms with van der Waals surface area (Å²) in [7, 11) is 0. The summed E-state index contributed by atoms with van der Waals surface area (Å²) in [6.45, 7) is 4.05. The molecule has 1 aromatic carbocycles. The van der Waals surface area contributed by atoms with Gasteiger partial charge in [-0.15, -0.1) is 0 Å². The summed E-state index contributed by atoms with van der Waals surface area (Å²) < 4.78 is 0. The SMILES string of the molecule is CCCNC(=S)NCCCCc1ccccc1. The molecule has 0 atom stereocenters. The van der Waals surface area contributed by atoms with Crippen LogP contribution in [0.25, 0.3) is 0 Å². The molecule has 0 aliphatic rings. The highest BCUT2D eigenvalue weighted by atomic mass is 32.1. The van der Waals surface area contributed by atoms with Crippen molar-refractivity contribution in [3.63, 3.8) is 0 Å². The first-order chi connectivity index (χ1) is 8.33. The number of unbranched alkanes of at least 4 members (excludes halogenated alkanes) is 1. The van der Waals surface area contributed by atoms with Crippen LogP contribution in [0.3, 0.4) is 0 Å². The van der Waals surface area contributed by atoms with Crippen molar-refractivity contribution in [1.82, 2.24) is 10.6 Å². The third-order valence-electron chi connectivity index (χ3n) is 2.56. The number of thiocarbonyl (C=S) groups is 1. The average Bonchev–Trinajstić information content (AvgIpc) is 2.37. The Hall–Kier alpha value is -1.09. The van der Waals surface area contributed by atoms with E-state index in [1.165, 1.54) is 12.0 Å². The van der Waals surface area contributed by atoms with Crippen LogP contribution in [0.1, 0.15) is 31.7 Å². The molecule has 3 heteroatoms. The second kappa shape index (κ2) is 8.99. The Bertz CT molecular complexity index is 311. The zero-order valence-electron chi connectivity index (χ0n) is 10.5. The van der Waals surface area contributed by atoms with E-state index >= 15 is 0 Å². The van der Waals surface area contributed by atoms with Gasteiger partial charge in [-0.2, -0.15) is 0 Å². The fourth-order valence-corrected chi connectivity index (χ4v) is 1.81. The summed E-state index contributed by atoms with van der Waals surface area (Å²) in [4.78, 5) is 0. The maximum atomic E-state index is 5.14. The van der Waals surface area contributed by atoms with E-state index in [0.717, 1.165) is 37.5 Å². The number of aryl methyl sites for hydroxylation is 1. The molecule has 0 saturated carbocycles. The molecule has 0 radical (unpaired) electrons. The van der Waals surface area contributed by atoms with Gasteiger partial charge in [0.05, 0.1) is 0 Å². The van der Waals surface area contributed by atoms with Crippen molar-refractivity contribution >= 4 is 17.3 Å². The molecule has 1 rings (SSSR count). The molecule has 2 nitrogen and oxygen atoms in total. The van der Waals surface area contributed by atoms with Crippen molar-refractivity contribution in [1.29, 1.82) is 0 Å². The van der Waals surface area contributed by atoms with Gasteiger partial charge in [-0.25, -0.2) is 0 Å². The highest BCUT2D eigenvalue weighted by Crippen LogP contribution is 2.03. The number of nitrogens with one attached hydrogen (secondary N) is 2. The predicted molar refractivity (Wildman–Crippen MR) is 78.3 cm³/mol. The van der Waals surface area contributed by atoms with Gasteiger partial charge in [0, 0.05) is 13.1 Å². The minimum Gasteiger partial charge on any atom is -0.363 e. The van der Waals surface area contributed by atoms with E-state index in [2.05, 4.69) is 47.9 Å². The van der Waals surface area contributed by atoms with E-state index in [1.807, 2.05) is 0 Å². The molecule has 1 aromatic rings. The third-order valence-corrected chi connectivity index (χ3v) is 2.84. The van der Waals surface area contributed by atoms with Gasteiger partial charge in [-0.1, -0.05) is 37.3 Å². The monoisotopic (exact) mass is 250 g/mol. The third kappa shape index (κ3) is 6.95. The van der Waals surface area contributed by atoms with E-state index in [9.17, 15) is 0 Å². The lowest BCUT2D eigenvalue weighted by atomic mass is 10.1. The Morgan fingerprint density at radius 3 is 2.47 bits per heavy atom. The molecule has 0 heterocycles. The molecular formula is C14H22N2S. The summed E-state index contributed by atoms with van der Waals surface area (Å²) in [6, 6.07) is 10.6. The quantitative estimate of drug-likeness (QED) is 0.575. The molecule has 0 unspecified atom stereocenters. The van der Waals surface area contributed by atoms with Crippen molar-refractivity contribution in [3.05, 3.63) is 35.9 Å². The highest BCUT2D eigenvalue weighted by molar-refractivity contribution is 7.80. The molecule has 94 valence electrons. The average molecular weight is 250 g/mol. The van der Waals surface area contributed by atoms with Crippen LogP contribution in [0.4, 0.5) is 0 Å². The van der Waals surface area contributed by atoms with E-state index in [-0.39, 0.29) is 0 Å². The molecule has 0 fully saturated rings. The Kier molecular flexibility index (Phi) is 7.39. The minimum absolute atomic E-state index is 0.784. The summed E-state index contributed by atoms with van der Waals surface area (Å²) in [5, 5.41) is 7.17. The first-order valence-electron chi connectivity index (χ1n) is 6.38. The van der Waals surface area contributed by atoms with Crippen LogP contribution in [-0.4, -0.2) is 18.2 Å². The normalized spacial score (nSPS) is 9.94. The van der Waals surface area contributed by atoms with Crippen LogP contribution in [0.2, 0.25) is 0 Å². The molecule has 0 spiro atoms. The van der Waals surface area contributed by atoms with Gasteiger partial charge < -0.3 is 10.6 Å². The van der Waals surface area contributed by atoms with Crippen molar-refractivity contribution in [2.24, 2.45) is 0 Å². The highest BCUT2D eigenvalue weighted by Gasteiger charge is 1.94. The second-order valence-electron chi connectivity index (χ2n) is 4.13. The van der Waals surface area contributed by atoms with Gasteiger partial charge in [-0.3, -0.25) is 0 Å². The van der Waals surface area contributed by atoms with Gasteiger partial charge >= 0.3 is 0 Å². The van der Waals surface area contributed by atoms with E-state index in [4.69, 9.17) is 12.2 Å². The zero-order chi connectivity index (χ0) is 12.3. The number of rotatable bonds is 7. The van der Waals surface area contributed by atoms with E-state index < -0.39 is 0 Å². The number of benzene rings is 1. The fourth-order valence-electron chi connectivity index (χ4n) is 1.60. The Morgan fingerprint density at radius 2 is 1.76 bits per heavy atom. The van der Waals surface area contributed by atoms with E-state index in [0.29, 0.717) is 0 Å². The van der Waals surface area contributed by atoms with Crippen LogP contribution in [-0.2, 0) is 6.42 Å². The molecule has 0 bridgehead atoms. The Labute approximate surface area is 110 Å². The summed E-state index contributed by atoms with van der Waals surface area (Å²) in [5.74, 6) is 0. The molecule has 0 amide bonds. The van der Waals surface area contributed by atoms with Crippen LogP contribution >= 0.6 is 12.2 Å². The Balaban J connectivity index is 1.99. The van der Waals surface area contributed by atoms with Crippen molar-refractivity contribution in [3.8, 4) is 0 Å². The molecule has 0 aliphatic carbocycles. The second-order valence-corrected chi connectivity index (χ2v) is 4.53. The van der Waals surface area contributed by atoms with Gasteiger partial charge in [0.25, 0.3) is 0 Å². The summed E-state index contributed by atoms with van der Waals surface area (Å²) in [6.07, 6.45) is 4.61. The molecule has 0 saturated heterocycles.